The van der Waals surface area contributed by atoms with Crippen LogP contribution in [-0.4, -0.2) is 145 Å². The third-order valence-corrected chi connectivity index (χ3v) is 12.2. The van der Waals surface area contributed by atoms with Gasteiger partial charge in [-0.3, -0.25) is 52.9 Å². The summed E-state index contributed by atoms with van der Waals surface area (Å²) in [5.74, 6) is -6.82. The van der Waals surface area contributed by atoms with Gasteiger partial charge >= 0.3 is 0 Å². The van der Waals surface area contributed by atoms with Crippen molar-refractivity contribution in [3.63, 3.8) is 0 Å². The zero-order chi connectivity index (χ0) is 55.4. The summed E-state index contributed by atoms with van der Waals surface area (Å²) in [4.78, 5) is 145. The number of aromatic amines is 1. The highest BCUT2D eigenvalue weighted by Gasteiger charge is 2.34. The molecule has 0 radical (unpaired) electrons. The number of nitrogens with zero attached hydrogens (tertiary/aromatic N) is 2. The Labute approximate surface area is 440 Å². The number of nitrogens with two attached hydrogens (primary N) is 3. The summed E-state index contributed by atoms with van der Waals surface area (Å²) >= 11 is 0. The fourth-order valence-electron chi connectivity index (χ4n) is 8.20. The average molecular weight is 1050 g/mol. The van der Waals surface area contributed by atoms with Crippen LogP contribution in [-0.2, 0) is 60.8 Å². The van der Waals surface area contributed by atoms with Crippen molar-refractivity contribution in [3.8, 4) is 0 Å². The van der Waals surface area contributed by atoms with Gasteiger partial charge in [-0.05, 0) is 81.0 Å². The maximum atomic E-state index is 14.5. The van der Waals surface area contributed by atoms with Crippen LogP contribution in [0.2, 0.25) is 0 Å². The number of fused-ring (bicyclic) bond motifs is 1. The maximum absolute atomic E-state index is 14.5. The zero-order valence-electron chi connectivity index (χ0n) is 42.9. The molecule has 0 fully saturated rings. The number of aromatic nitrogens is 1. The van der Waals surface area contributed by atoms with Gasteiger partial charge in [0.05, 0.1) is 12.6 Å². The molecule has 24 heteroatoms. The standard InChI is InChI=1S/C52H72N14O10/c1-3-4-17-39(60-32(2)68)48(72)62-40(20-12-23-54)49(73)66-44(27-35-29-56-31-59-35)52(76)64-42(25-33-14-6-5-7-15-33)51(75)63-41(21-13-24-67)50(74)65-43(26-34-28-57-37-18-9-8-16-36(34)37)47(71)58-30-45(69)61-38(46(55)70)19-10-11-22-53/h5-9,13-16,18,21,24,28-29,31,35,38-44,57H,3-4,10-12,17,19-20,22-23,25-27,30,53-54H2,1-2H3,(H2,55,70)(H,58,71)(H,60,68)(H,61,69)(H,62,72)(H,63,75)(H,64,76)(H,65,74)(H,66,73)/b21-13-/t35?,38-,39-,40+,41-,42-,43-,44-/m0/s1. The maximum Gasteiger partial charge on any atom is 0.247 e. The number of allylic oxidation sites excluding steroid dienone is 1. The first-order valence-electron chi connectivity index (χ1n) is 25.4. The molecular weight excluding hydrogens is 981 g/mol. The molecule has 2 aromatic carbocycles. The minimum absolute atomic E-state index is 0.0792. The van der Waals surface area contributed by atoms with Crippen LogP contribution >= 0.6 is 0 Å². The van der Waals surface area contributed by atoms with Crippen molar-refractivity contribution in [2.45, 2.75) is 133 Å². The number of H-pyrrole nitrogens is 1. The third kappa shape index (κ3) is 20.3. The van der Waals surface area contributed by atoms with Crippen molar-refractivity contribution in [1.29, 1.82) is 0 Å². The van der Waals surface area contributed by atoms with E-state index in [1.54, 1.807) is 48.7 Å². The highest BCUT2D eigenvalue weighted by atomic mass is 16.2. The number of carbonyl (C=O) groups is 10. The molecule has 0 aliphatic carbocycles. The summed E-state index contributed by atoms with van der Waals surface area (Å²) in [5, 5.41) is 21.7. The van der Waals surface area contributed by atoms with Gasteiger partial charge in [0.2, 0.25) is 53.2 Å². The summed E-state index contributed by atoms with van der Waals surface area (Å²) in [7, 11) is 0. The third-order valence-electron chi connectivity index (χ3n) is 12.2. The molecule has 24 nitrogen and oxygen atoms in total. The van der Waals surface area contributed by atoms with Gasteiger partial charge in [-0.2, -0.15) is 0 Å². The first kappa shape index (κ1) is 60.4. The van der Waals surface area contributed by atoms with Crippen LogP contribution in [0.3, 0.4) is 0 Å². The lowest BCUT2D eigenvalue weighted by Gasteiger charge is -2.28. The average Bonchev–Trinajstić information content (AvgIpc) is 4.08. The topological polar surface area (TPSA) is 386 Å². The van der Waals surface area contributed by atoms with Crippen molar-refractivity contribution >= 4 is 82.9 Å². The van der Waals surface area contributed by atoms with Gasteiger partial charge < -0.3 is 64.7 Å². The Hall–Kier alpha value is -8.12. The Kier molecular flexibility index (Phi) is 25.6. The van der Waals surface area contributed by atoms with Crippen LogP contribution in [0.5, 0.6) is 0 Å². The molecule has 4 rings (SSSR count). The fourth-order valence-corrected chi connectivity index (χ4v) is 8.20. The number of unbranched alkanes of at least 4 members (excludes halogenated alkanes) is 2. The van der Waals surface area contributed by atoms with Crippen molar-refractivity contribution in [2.24, 2.45) is 27.2 Å². The SMILES string of the molecule is CCCC[C@H](NC(C)=O)C(=O)N[C@H](CCCN)C(=O)N[C@@H](CC1C=NC=N1)C(=O)N[C@@H](Cc1ccccc1)C(=O)N[C@@H](/C=C\C=O)C(=O)N[C@@H](Cc1c[nH]c2ccccc12)C(=O)NCC(=O)N[C@@H](CCCCN)C(N)=O. The number of hydrogen-bond acceptors (Lipinski definition) is 14. The van der Waals surface area contributed by atoms with Gasteiger partial charge in [0, 0.05) is 49.5 Å². The molecular formula is C52H72N14O10. The molecule has 1 aliphatic rings. The van der Waals surface area contributed by atoms with E-state index in [2.05, 4.69) is 57.5 Å². The van der Waals surface area contributed by atoms with Crippen molar-refractivity contribution in [2.75, 3.05) is 19.6 Å². The molecule has 1 aliphatic heterocycles. The molecule has 0 saturated carbocycles. The molecule has 2 heterocycles. The Balaban J connectivity index is 1.61. The second-order valence-corrected chi connectivity index (χ2v) is 18.2. The van der Waals surface area contributed by atoms with Gasteiger partial charge in [-0.25, -0.2) is 4.99 Å². The molecule has 1 aromatic heterocycles. The Morgan fingerprint density at radius 1 is 0.658 bits per heavy atom. The second-order valence-electron chi connectivity index (χ2n) is 18.2. The number of amides is 9. The van der Waals surface area contributed by atoms with Crippen LogP contribution in [0.15, 0.2) is 82.9 Å². The first-order valence-corrected chi connectivity index (χ1v) is 25.4. The first-order chi connectivity index (χ1) is 36.6. The van der Waals surface area contributed by atoms with Crippen LogP contribution in [0.1, 0.15) is 82.8 Å². The van der Waals surface area contributed by atoms with E-state index in [4.69, 9.17) is 17.2 Å². The van der Waals surface area contributed by atoms with E-state index in [1.165, 1.54) is 19.5 Å². The molecule has 3 aromatic rings. The Morgan fingerprint density at radius 2 is 1.26 bits per heavy atom. The molecule has 0 saturated heterocycles. The number of primary amides is 1. The smallest absolute Gasteiger partial charge is 0.247 e. The van der Waals surface area contributed by atoms with Gasteiger partial charge in [0.15, 0.2) is 0 Å². The largest absolute Gasteiger partial charge is 0.368 e. The number of nitrogens with one attached hydrogen (secondary N) is 9. The lowest BCUT2D eigenvalue weighted by Crippen LogP contribution is -2.60. The summed E-state index contributed by atoms with van der Waals surface area (Å²) in [6.07, 6.45) is 9.83. The molecule has 15 N–H and O–H groups in total. The van der Waals surface area contributed by atoms with Gasteiger partial charge in [-0.1, -0.05) is 68.3 Å². The number of aldehydes is 1. The van der Waals surface area contributed by atoms with Crippen LogP contribution < -0.4 is 59.7 Å². The summed E-state index contributed by atoms with van der Waals surface area (Å²) in [6, 6.07) is 6.13. The van der Waals surface area contributed by atoms with E-state index < -0.39 is 108 Å². The van der Waals surface area contributed by atoms with Gasteiger partial charge in [0.1, 0.15) is 54.9 Å². The Bertz CT molecular complexity index is 2540. The monoisotopic (exact) mass is 1050 g/mol. The van der Waals surface area contributed by atoms with Gasteiger partial charge in [0.25, 0.3) is 0 Å². The molecule has 9 amide bonds. The quantitative estimate of drug-likeness (QED) is 0.0188. The highest BCUT2D eigenvalue weighted by Crippen LogP contribution is 2.20. The van der Waals surface area contributed by atoms with Crippen molar-refractivity contribution < 1.29 is 47.9 Å². The highest BCUT2D eigenvalue weighted by molar-refractivity contribution is 5.99. The lowest BCUT2D eigenvalue weighted by molar-refractivity contribution is -0.135. The van der Waals surface area contributed by atoms with Gasteiger partial charge in [-0.15, -0.1) is 0 Å². The van der Waals surface area contributed by atoms with E-state index in [9.17, 15) is 47.9 Å². The molecule has 1 unspecified atom stereocenters. The number of para-hydroxylation sites is 1. The van der Waals surface area contributed by atoms with E-state index in [0.717, 1.165) is 29.5 Å². The number of carbonyl (C=O) groups excluding carboxylic acids is 10. The second kappa shape index (κ2) is 32.2. The zero-order valence-corrected chi connectivity index (χ0v) is 42.9. The van der Waals surface area contributed by atoms with Crippen molar-refractivity contribution in [3.05, 3.63) is 84.1 Å². The van der Waals surface area contributed by atoms with Crippen LogP contribution in [0.4, 0.5) is 0 Å². The molecule has 0 bridgehead atoms. The van der Waals surface area contributed by atoms with Crippen molar-refractivity contribution in [1.82, 2.24) is 47.5 Å². The summed E-state index contributed by atoms with van der Waals surface area (Å²) in [6.45, 7) is 3.15. The van der Waals surface area contributed by atoms with Crippen LogP contribution in [0, 0.1) is 0 Å². The minimum atomic E-state index is -1.63. The molecule has 0 spiro atoms. The number of rotatable bonds is 34. The summed E-state index contributed by atoms with van der Waals surface area (Å²) < 4.78 is 0. The predicted octanol–water partition coefficient (Wildman–Crippen LogP) is -1.35. The predicted molar refractivity (Wildman–Crippen MR) is 285 cm³/mol. The molecule has 410 valence electrons. The minimum Gasteiger partial charge on any atom is -0.368 e. The lowest BCUT2D eigenvalue weighted by atomic mass is 10.0. The molecule has 76 heavy (non-hydrogen) atoms. The van der Waals surface area contributed by atoms with E-state index >= 15 is 0 Å². The fraction of sp³-hybridized carbons (Fsp3) is 0.462. The normalized spacial score (nSPS) is 15.5. The molecule has 8 atom stereocenters. The number of hydrogen-bond donors (Lipinski definition) is 12. The van der Waals surface area contributed by atoms with Crippen LogP contribution in [0.25, 0.3) is 10.9 Å². The van der Waals surface area contributed by atoms with E-state index in [-0.39, 0.29) is 38.6 Å². The van der Waals surface area contributed by atoms with E-state index in [0.29, 0.717) is 56.1 Å². The van der Waals surface area contributed by atoms with E-state index in [1.807, 2.05) is 19.1 Å². The number of aliphatic imine (C=N–C) groups is 2. The Morgan fingerprint density at radius 3 is 1.92 bits per heavy atom. The summed E-state index contributed by atoms with van der Waals surface area (Å²) in [5.41, 5.74) is 18.8. The number of benzene rings is 2.